The summed E-state index contributed by atoms with van der Waals surface area (Å²) in [5.74, 6) is -0.135. The second-order valence-electron chi connectivity index (χ2n) is 5.13. The third kappa shape index (κ3) is 3.31. The topological polar surface area (TPSA) is 58.1 Å². The molecule has 0 aliphatic carbocycles. The number of hydrogen-bond donors (Lipinski definition) is 1. The number of carbonyl (C=O) groups excluding carboxylic acids is 1. The molecule has 7 heteroatoms. The van der Waals surface area contributed by atoms with E-state index in [-0.39, 0.29) is 11.9 Å². The van der Waals surface area contributed by atoms with Crippen molar-refractivity contribution in [2.24, 2.45) is 0 Å². The van der Waals surface area contributed by atoms with Crippen LogP contribution in [0, 0.1) is 0 Å². The predicted molar refractivity (Wildman–Crippen MR) is 86.6 cm³/mol. The lowest BCUT2D eigenvalue weighted by Gasteiger charge is -2.20. The minimum atomic E-state index is -0.135. The van der Waals surface area contributed by atoms with Gasteiger partial charge in [0.15, 0.2) is 0 Å². The van der Waals surface area contributed by atoms with Crippen LogP contribution in [0.15, 0.2) is 36.7 Å². The summed E-state index contributed by atoms with van der Waals surface area (Å²) in [6.07, 6.45) is 3.82. The molecule has 5 nitrogen and oxygen atoms in total. The highest BCUT2D eigenvalue weighted by Gasteiger charge is 2.25. The van der Waals surface area contributed by atoms with Gasteiger partial charge >= 0.3 is 0 Å². The molecule has 1 N–H and O–H groups in total. The number of rotatable bonds is 3. The molecule has 1 atom stereocenters. The van der Waals surface area contributed by atoms with Crippen molar-refractivity contribution in [1.82, 2.24) is 15.5 Å². The van der Waals surface area contributed by atoms with Crippen molar-refractivity contribution in [2.75, 3.05) is 18.0 Å². The fraction of sp³-hybridized carbons (Fsp3) is 0.267. The molecule has 0 unspecified atom stereocenters. The van der Waals surface area contributed by atoms with Gasteiger partial charge in [-0.15, -0.1) is 0 Å². The van der Waals surface area contributed by atoms with Crippen molar-refractivity contribution < 1.29 is 4.79 Å². The lowest BCUT2D eigenvalue weighted by Crippen LogP contribution is -2.37. The Morgan fingerprint density at radius 3 is 2.86 bits per heavy atom. The summed E-state index contributed by atoms with van der Waals surface area (Å²) in [5, 5.41) is 11.6. The van der Waals surface area contributed by atoms with Crippen LogP contribution in [0.1, 0.15) is 16.8 Å². The monoisotopic (exact) mass is 336 g/mol. The molecule has 1 aliphatic heterocycles. The van der Waals surface area contributed by atoms with Gasteiger partial charge in [-0.25, -0.2) is 0 Å². The van der Waals surface area contributed by atoms with Crippen LogP contribution in [0.2, 0.25) is 10.0 Å². The van der Waals surface area contributed by atoms with Crippen LogP contribution in [-0.2, 0) is 0 Å². The molecule has 0 saturated carbocycles. The normalized spacial score (nSPS) is 17.5. The van der Waals surface area contributed by atoms with Crippen LogP contribution < -0.4 is 10.2 Å². The van der Waals surface area contributed by atoms with Gasteiger partial charge < -0.3 is 10.2 Å². The fourth-order valence-corrected chi connectivity index (χ4v) is 3.06. The first kappa shape index (κ1) is 15.1. The van der Waals surface area contributed by atoms with E-state index < -0.39 is 0 Å². The quantitative estimate of drug-likeness (QED) is 0.936. The molecular weight excluding hydrogens is 323 g/mol. The fourth-order valence-electron chi connectivity index (χ4n) is 2.53. The zero-order chi connectivity index (χ0) is 15.5. The van der Waals surface area contributed by atoms with E-state index in [0.29, 0.717) is 22.2 Å². The SMILES string of the molecule is O=C(N[C@H]1CCN(c2ccc(Cl)cc2Cl)C1)c1ccnnc1. The number of anilines is 1. The lowest BCUT2D eigenvalue weighted by molar-refractivity contribution is 0.0940. The van der Waals surface area contributed by atoms with Gasteiger partial charge in [-0.2, -0.15) is 10.2 Å². The number of benzene rings is 1. The second-order valence-corrected chi connectivity index (χ2v) is 5.98. The van der Waals surface area contributed by atoms with Gasteiger partial charge in [0.1, 0.15) is 0 Å². The molecular formula is C15H14Cl2N4O. The van der Waals surface area contributed by atoms with Gasteiger partial charge in [-0.3, -0.25) is 4.79 Å². The molecule has 1 fully saturated rings. The standard InChI is InChI=1S/C15H14Cl2N4O/c16-11-1-2-14(13(17)7-11)21-6-4-12(9-21)20-15(22)10-3-5-18-19-8-10/h1-3,5,7-8,12H,4,6,9H2,(H,20,22)/t12-/m0/s1. The van der Waals surface area contributed by atoms with E-state index in [0.717, 1.165) is 18.7 Å². The Labute approximate surface area is 138 Å². The van der Waals surface area contributed by atoms with E-state index in [4.69, 9.17) is 23.2 Å². The highest BCUT2D eigenvalue weighted by atomic mass is 35.5. The molecule has 2 aromatic rings. The van der Waals surface area contributed by atoms with Crippen molar-refractivity contribution in [3.63, 3.8) is 0 Å². The summed E-state index contributed by atoms with van der Waals surface area (Å²) in [6.45, 7) is 1.55. The molecule has 1 aromatic carbocycles. The molecule has 0 bridgehead atoms. The first-order valence-electron chi connectivity index (χ1n) is 6.91. The Morgan fingerprint density at radius 1 is 1.27 bits per heavy atom. The Morgan fingerprint density at radius 2 is 2.14 bits per heavy atom. The van der Waals surface area contributed by atoms with Crippen LogP contribution >= 0.6 is 23.2 Å². The number of carbonyl (C=O) groups is 1. The maximum atomic E-state index is 12.1. The molecule has 114 valence electrons. The van der Waals surface area contributed by atoms with E-state index in [1.165, 1.54) is 12.4 Å². The molecule has 0 radical (unpaired) electrons. The van der Waals surface area contributed by atoms with Crippen molar-refractivity contribution in [1.29, 1.82) is 0 Å². The summed E-state index contributed by atoms with van der Waals surface area (Å²) < 4.78 is 0. The zero-order valence-corrected chi connectivity index (χ0v) is 13.2. The van der Waals surface area contributed by atoms with E-state index in [1.807, 2.05) is 12.1 Å². The number of halogens is 2. The Balaban J connectivity index is 1.64. The molecule has 22 heavy (non-hydrogen) atoms. The average molecular weight is 337 g/mol. The van der Waals surface area contributed by atoms with Gasteiger partial charge in [-0.05, 0) is 30.7 Å². The predicted octanol–water partition coefficient (Wildman–Crippen LogP) is 2.79. The van der Waals surface area contributed by atoms with Crippen LogP contribution in [-0.4, -0.2) is 35.2 Å². The largest absolute Gasteiger partial charge is 0.368 e. The molecule has 1 saturated heterocycles. The highest BCUT2D eigenvalue weighted by Crippen LogP contribution is 2.31. The Hall–Kier alpha value is -1.85. The maximum Gasteiger partial charge on any atom is 0.253 e. The molecule has 3 rings (SSSR count). The van der Waals surface area contributed by atoms with Crippen molar-refractivity contribution in [3.05, 3.63) is 52.3 Å². The van der Waals surface area contributed by atoms with Crippen LogP contribution in [0.4, 0.5) is 5.69 Å². The van der Waals surface area contributed by atoms with Crippen molar-refractivity contribution in [3.8, 4) is 0 Å². The summed E-state index contributed by atoms with van der Waals surface area (Å²) in [6, 6.07) is 7.17. The number of nitrogens with one attached hydrogen (secondary N) is 1. The number of hydrogen-bond acceptors (Lipinski definition) is 4. The molecule has 2 heterocycles. The number of nitrogens with zero attached hydrogens (tertiary/aromatic N) is 3. The maximum absolute atomic E-state index is 12.1. The second kappa shape index (κ2) is 6.50. The van der Waals surface area contributed by atoms with Crippen molar-refractivity contribution >= 4 is 34.8 Å². The third-order valence-electron chi connectivity index (χ3n) is 3.62. The number of aromatic nitrogens is 2. The van der Waals surface area contributed by atoms with Gasteiger partial charge in [-0.1, -0.05) is 23.2 Å². The number of amides is 1. The van der Waals surface area contributed by atoms with E-state index >= 15 is 0 Å². The van der Waals surface area contributed by atoms with E-state index in [2.05, 4.69) is 20.4 Å². The molecule has 1 aliphatic rings. The molecule has 1 aromatic heterocycles. The van der Waals surface area contributed by atoms with E-state index in [9.17, 15) is 4.79 Å². The Kier molecular flexibility index (Phi) is 4.45. The van der Waals surface area contributed by atoms with Crippen LogP contribution in [0.25, 0.3) is 0 Å². The van der Waals surface area contributed by atoms with Crippen LogP contribution in [0.5, 0.6) is 0 Å². The lowest BCUT2D eigenvalue weighted by atomic mass is 10.2. The first-order chi connectivity index (χ1) is 10.6. The zero-order valence-electron chi connectivity index (χ0n) is 11.7. The average Bonchev–Trinajstić information content (AvgIpc) is 2.96. The van der Waals surface area contributed by atoms with E-state index in [1.54, 1.807) is 12.1 Å². The van der Waals surface area contributed by atoms with Gasteiger partial charge in [0.05, 0.1) is 28.7 Å². The highest BCUT2D eigenvalue weighted by molar-refractivity contribution is 6.36. The Bertz CT molecular complexity index is 680. The van der Waals surface area contributed by atoms with Gasteiger partial charge in [0.25, 0.3) is 5.91 Å². The smallest absolute Gasteiger partial charge is 0.253 e. The van der Waals surface area contributed by atoms with Crippen LogP contribution in [0.3, 0.4) is 0 Å². The van der Waals surface area contributed by atoms with Gasteiger partial charge in [0, 0.05) is 24.2 Å². The molecule has 0 spiro atoms. The summed E-state index contributed by atoms with van der Waals surface area (Å²) in [5.41, 5.74) is 1.45. The summed E-state index contributed by atoms with van der Waals surface area (Å²) in [7, 11) is 0. The minimum Gasteiger partial charge on any atom is -0.368 e. The minimum absolute atomic E-state index is 0.0763. The summed E-state index contributed by atoms with van der Waals surface area (Å²) in [4.78, 5) is 14.3. The third-order valence-corrected chi connectivity index (χ3v) is 4.16. The van der Waals surface area contributed by atoms with Gasteiger partial charge in [0.2, 0.25) is 0 Å². The molecule has 1 amide bonds. The van der Waals surface area contributed by atoms with Crippen molar-refractivity contribution in [2.45, 2.75) is 12.5 Å². The summed E-state index contributed by atoms with van der Waals surface area (Å²) >= 11 is 12.1. The first-order valence-corrected chi connectivity index (χ1v) is 7.66.